The van der Waals surface area contributed by atoms with Crippen molar-refractivity contribution in [1.29, 1.82) is 0 Å². The number of hydrogen-bond donors (Lipinski definition) is 3. The van der Waals surface area contributed by atoms with Crippen molar-refractivity contribution in [2.24, 2.45) is 0 Å². The van der Waals surface area contributed by atoms with Crippen LogP contribution in [0.1, 0.15) is 73.7 Å². The number of nitrogens with one attached hydrogen (secondary N) is 2. The van der Waals surface area contributed by atoms with Gasteiger partial charge in [0.25, 0.3) is 0 Å². The van der Waals surface area contributed by atoms with Crippen molar-refractivity contribution in [3.05, 3.63) is 125 Å². The first-order chi connectivity index (χ1) is 25.4. The molecule has 2 amide bonds. The average molecular weight is 721 g/mol. The van der Waals surface area contributed by atoms with E-state index in [1.54, 1.807) is 16.4 Å². The minimum atomic E-state index is -0.618. The fourth-order valence-electron chi connectivity index (χ4n) is 6.06. The van der Waals surface area contributed by atoms with Gasteiger partial charge in [-0.1, -0.05) is 97.0 Å². The van der Waals surface area contributed by atoms with Crippen LogP contribution in [0.25, 0.3) is 16.8 Å². The minimum absolute atomic E-state index is 0.0170. The van der Waals surface area contributed by atoms with Crippen LogP contribution in [0.5, 0.6) is 0 Å². The van der Waals surface area contributed by atoms with Crippen LogP contribution in [-0.2, 0) is 32.2 Å². The van der Waals surface area contributed by atoms with Crippen molar-refractivity contribution in [2.45, 2.75) is 75.8 Å². The van der Waals surface area contributed by atoms with Crippen LogP contribution in [-0.4, -0.2) is 55.5 Å². The van der Waals surface area contributed by atoms with Crippen LogP contribution in [0, 0.1) is 0 Å². The van der Waals surface area contributed by atoms with Crippen molar-refractivity contribution < 1.29 is 24.2 Å². The van der Waals surface area contributed by atoms with Crippen LogP contribution in [0.15, 0.2) is 108 Å². The van der Waals surface area contributed by atoms with E-state index in [0.717, 1.165) is 58.3 Å². The molecule has 5 aromatic rings. The van der Waals surface area contributed by atoms with E-state index in [-0.39, 0.29) is 30.6 Å². The fraction of sp³-hybridized carbons (Fsp3) is 0.325. The fourth-order valence-corrected chi connectivity index (χ4v) is 6.96. The Hall–Kier alpha value is -4.88. The Balaban J connectivity index is 1.12. The van der Waals surface area contributed by atoms with Crippen LogP contribution >= 0.6 is 11.8 Å². The second kappa shape index (κ2) is 18.6. The van der Waals surface area contributed by atoms with E-state index in [2.05, 4.69) is 50.4 Å². The smallest absolute Gasteiger partial charge is 0.220 e. The Labute approximate surface area is 308 Å². The number of hydrogen-bond acceptors (Lipinski definition) is 9. The molecule has 1 fully saturated rings. The van der Waals surface area contributed by atoms with Gasteiger partial charge in [-0.2, -0.15) is 4.68 Å². The van der Waals surface area contributed by atoms with Gasteiger partial charge < -0.3 is 25.2 Å². The first-order valence-electron chi connectivity index (χ1n) is 17.6. The molecule has 4 aromatic carbocycles. The molecular formula is C40H44N6O5S. The molecule has 3 atom stereocenters. The number of para-hydroxylation sites is 1. The zero-order valence-electron chi connectivity index (χ0n) is 29.2. The van der Waals surface area contributed by atoms with Gasteiger partial charge in [0.15, 0.2) is 6.29 Å². The molecule has 0 radical (unpaired) electrons. The van der Waals surface area contributed by atoms with E-state index in [0.29, 0.717) is 36.8 Å². The maximum Gasteiger partial charge on any atom is 0.220 e. The highest BCUT2D eigenvalue weighted by molar-refractivity contribution is 7.99. The number of nitrogens with zero attached hydrogens (tertiary/aromatic N) is 4. The highest BCUT2D eigenvalue weighted by Crippen LogP contribution is 2.40. The second-order valence-electron chi connectivity index (χ2n) is 12.8. The SMILES string of the molecule is CC(=O)NCCCCCC(=O)NCc1cccc(-c2cccc(C3OC(CSc4nnnn4-c4ccccc4)CC(c4ccc(CO)cc4)O3)c2)c1. The predicted molar refractivity (Wildman–Crippen MR) is 199 cm³/mol. The van der Waals surface area contributed by atoms with Gasteiger partial charge in [-0.25, -0.2) is 0 Å². The van der Waals surface area contributed by atoms with Crippen LogP contribution in [0.4, 0.5) is 0 Å². The summed E-state index contributed by atoms with van der Waals surface area (Å²) in [7, 11) is 0. The standard InChI is InChI=1S/C40H44N6O5S/c1-28(48)41-21-7-3-6-16-38(49)42-25-30-10-8-11-32(22-30)33-12-9-13-34(23-33)39-50-36(24-37(51-39)31-19-17-29(26-47)18-20-31)27-52-40-43-44-45-46(40)35-14-4-2-5-15-35/h2,4-5,8-15,17-20,22-23,36-37,39,47H,3,6-7,16,21,24-27H2,1H3,(H,41,48)(H,42,49). The van der Waals surface area contributed by atoms with Gasteiger partial charge in [-0.3, -0.25) is 9.59 Å². The van der Waals surface area contributed by atoms with Gasteiger partial charge in [0.2, 0.25) is 17.0 Å². The second-order valence-corrected chi connectivity index (χ2v) is 13.8. The summed E-state index contributed by atoms with van der Waals surface area (Å²) >= 11 is 1.54. The number of aliphatic hydroxyl groups is 1. The quantitative estimate of drug-likeness (QED) is 0.0773. The summed E-state index contributed by atoms with van der Waals surface area (Å²) in [5.74, 6) is 0.600. The van der Waals surface area contributed by atoms with E-state index in [4.69, 9.17) is 9.47 Å². The number of aliphatic hydroxyl groups excluding tert-OH is 1. The number of carbonyl (C=O) groups excluding carboxylic acids is 2. The van der Waals surface area contributed by atoms with Gasteiger partial charge in [-0.15, -0.1) is 5.10 Å². The molecule has 1 saturated heterocycles. The lowest BCUT2D eigenvalue weighted by Gasteiger charge is -2.36. The Morgan fingerprint density at radius 1 is 0.846 bits per heavy atom. The molecule has 270 valence electrons. The molecule has 1 aliphatic rings. The van der Waals surface area contributed by atoms with E-state index in [1.807, 2.05) is 78.9 Å². The summed E-state index contributed by atoms with van der Waals surface area (Å²) in [5, 5.41) is 28.5. The number of rotatable bonds is 16. The van der Waals surface area contributed by atoms with E-state index in [1.165, 1.54) is 6.92 Å². The van der Waals surface area contributed by atoms with Crippen molar-refractivity contribution in [3.63, 3.8) is 0 Å². The molecule has 0 spiro atoms. The highest BCUT2D eigenvalue weighted by Gasteiger charge is 2.33. The van der Waals surface area contributed by atoms with Crippen molar-refractivity contribution in [2.75, 3.05) is 12.3 Å². The summed E-state index contributed by atoms with van der Waals surface area (Å²) in [6, 6.07) is 34.0. The summed E-state index contributed by atoms with van der Waals surface area (Å²) in [5.41, 5.74) is 6.70. The third kappa shape index (κ3) is 10.3. The first kappa shape index (κ1) is 36.9. The summed E-state index contributed by atoms with van der Waals surface area (Å²) in [4.78, 5) is 23.5. The van der Waals surface area contributed by atoms with Crippen LogP contribution < -0.4 is 10.6 Å². The molecular weight excluding hydrogens is 677 g/mol. The van der Waals surface area contributed by atoms with Gasteiger partial charge >= 0.3 is 0 Å². The van der Waals surface area contributed by atoms with Crippen LogP contribution in [0.3, 0.4) is 0 Å². The molecule has 12 heteroatoms. The molecule has 11 nitrogen and oxygen atoms in total. The minimum Gasteiger partial charge on any atom is -0.392 e. The number of thioether (sulfide) groups is 1. The first-order valence-corrected chi connectivity index (χ1v) is 18.6. The number of unbranched alkanes of at least 4 members (excludes halogenated alkanes) is 2. The molecule has 3 N–H and O–H groups in total. The third-order valence-electron chi connectivity index (χ3n) is 8.82. The van der Waals surface area contributed by atoms with E-state index < -0.39 is 6.29 Å². The zero-order chi connectivity index (χ0) is 36.1. The lowest BCUT2D eigenvalue weighted by atomic mass is 9.99. The molecule has 0 bridgehead atoms. The van der Waals surface area contributed by atoms with Gasteiger partial charge in [0, 0.05) is 44.2 Å². The summed E-state index contributed by atoms with van der Waals surface area (Å²) in [6.07, 6.45) is 2.61. The molecule has 0 saturated carbocycles. The lowest BCUT2D eigenvalue weighted by Crippen LogP contribution is -2.31. The monoisotopic (exact) mass is 720 g/mol. The highest BCUT2D eigenvalue weighted by atomic mass is 32.2. The molecule has 52 heavy (non-hydrogen) atoms. The number of amides is 2. The molecule has 0 aliphatic carbocycles. The number of aromatic nitrogens is 4. The Bertz CT molecular complexity index is 1900. The van der Waals surface area contributed by atoms with Gasteiger partial charge in [-0.05, 0) is 75.4 Å². The molecule has 2 heterocycles. The van der Waals surface area contributed by atoms with Crippen LogP contribution in [0.2, 0.25) is 0 Å². The Kier molecular flexibility index (Phi) is 13.2. The largest absolute Gasteiger partial charge is 0.392 e. The van der Waals surface area contributed by atoms with E-state index >= 15 is 0 Å². The van der Waals surface area contributed by atoms with E-state index in [9.17, 15) is 14.7 Å². The normalized spacial score (nSPS) is 17.1. The summed E-state index contributed by atoms with van der Waals surface area (Å²) in [6.45, 7) is 2.57. The Morgan fingerprint density at radius 2 is 1.63 bits per heavy atom. The maximum atomic E-state index is 12.5. The number of tetrazole rings is 1. The number of carbonyl (C=O) groups is 2. The third-order valence-corrected chi connectivity index (χ3v) is 9.87. The predicted octanol–water partition coefficient (Wildman–Crippen LogP) is 6.47. The van der Waals surface area contributed by atoms with Crippen molar-refractivity contribution in [1.82, 2.24) is 30.8 Å². The topological polar surface area (TPSA) is 140 Å². The van der Waals surface area contributed by atoms with Gasteiger partial charge in [0.1, 0.15) is 0 Å². The zero-order valence-corrected chi connectivity index (χ0v) is 30.0. The number of benzene rings is 4. The number of ether oxygens (including phenoxy) is 2. The van der Waals surface area contributed by atoms with Crippen molar-refractivity contribution >= 4 is 23.6 Å². The summed E-state index contributed by atoms with van der Waals surface area (Å²) < 4.78 is 15.0. The lowest BCUT2D eigenvalue weighted by molar-refractivity contribution is -0.245. The molecule has 1 aliphatic heterocycles. The van der Waals surface area contributed by atoms with Crippen molar-refractivity contribution in [3.8, 4) is 16.8 Å². The maximum absolute atomic E-state index is 12.5. The average Bonchev–Trinajstić information content (AvgIpc) is 3.67. The molecule has 1 aromatic heterocycles. The Morgan fingerprint density at radius 3 is 2.42 bits per heavy atom. The molecule has 6 rings (SSSR count). The van der Waals surface area contributed by atoms with Gasteiger partial charge in [0.05, 0.1) is 24.5 Å². The molecule has 3 unspecified atom stereocenters.